The van der Waals surface area contributed by atoms with Gasteiger partial charge in [0.25, 0.3) is 5.78 Å². The van der Waals surface area contributed by atoms with Crippen molar-refractivity contribution in [2.24, 2.45) is 5.41 Å². The molecule has 0 saturated heterocycles. The van der Waals surface area contributed by atoms with Crippen LogP contribution in [-0.2, 0) is 12.2 Å². The van der Waals surface area contributed by atoms with Crippen LogP contribution in [0.3, 0.4) is 0 Å². The molecule has 6 heteroatoms. The molecule has 1 aromatic carbocycles. The summed E-state index contributed by atoms with van der Waals surface area (Å²) in [4.78, 5) is 21.5. The van der Waals surface area contributed by atoms with E-state index in [1.165, 1.54) is 11.1 Å². The number of ketones is 1. The first-order valence-electron chi connectivity index (χ1n) is 8.37. The predicted octanol–water partition coefficient (Wildman–Crippen LogP) is 3.88. The third kappa shape index (κ3) is 3.31. The van der Waals surface area contributed by atoms with Crippen molar-refractivity contribution >= 4 is 23.3 Å². The fourth-order valence-corrected chi connectivity index (χ4v) is 4.03. The van der Waals surface area contributed by atoms with Gasteiger partial charge in [-0.05, 0) is 24.3 Å². The number of rotatable bonds is 3. The molecule has 128 valence electrons. The third-order valence-corrected chi connectivity index (χ3v) is 5.34. The van der Waals surface area contributed by atoms with Crippen molar-refractivity contribution in [3.05, 3.63) is 52.8 Å². The average Bonchev–Trinajstić information content (AvgIpc) is 2.92. The predicted molar refractivity (Wildman–Crippen MR) is 98.0 cm³/mol. The van der Waals surface area contributed by atoms with Gasteiger partial charge < -0.3 is 0 Å². The van der Waals surface area contributed by atoms with Crippen molar-refractivity contribution < 1.29 is 4.79 Å². The smallest absolute Gasteiger partial charge is 0.253 e. The van der Waals surface area contributed by atoms with Crippen LogP contribution < -0.4 is 0 Å². The molecule has 0 aliphatic heterocycles. The highest BCUT2D eigenvalue weighted by atomic mass is 32.2. The zero-order chi connectivity index (χ0) is 17.6. The molecule has 4 rings (SSSR count). The highest BCUT2D eigenvalue weighted by Gasteiger charge is 2.32. The van der Waals surface area contributed by atoms with Crippen molar-refractivity contribution in [2.75, 3.05) is 0 Å². The monoisotopic (exact) mass is 352 g/mol. The lowest BCUT2D eigenvalue weighted by Crippen LogP contribution is -2.28. The average molecular weight is 352 g/mol. The molecule has 0 fully saturated rings. The van der Waals surface area contributed by atoms with Gasteiger partial charge in [0.1, 0.15) is 0 Å². The number of thioether (sulfide) groups is 1. The Hall–Kier alpha value is -2.21. The van der Waals surface area contributed by atoms with E-state index in [1.54, 1.807) is 22.5 Å². The van der Waals surface area contributed by atoms with Gasteiger partial charge in [0.15, 0.2) is 5.78 Å². The second-order valence-electron chi connectivity index (χ2n) is 7.46. The molecular weight excluding hydrogens is 332 g/mol. The van der Waals surface area contributed by atoms with Gasteiger partial charge in [0.2, 0.25) is 5.16 Å². The summed E-state index contributed by atoms with van der Waals surface area (Å²) in [6.45, 7) is 6.30. The van der Waals surface area contributed by atoms with Gasteiger partial charge >= 0.3 is 0 Å². The summed E-state index contributed by atoms with van der Waals surface area (Å²) in [6, 6.07) is 8.42. The van der Waals surface area contributed by atoms with Crippen LogP contribution in [-0.4, -0.2) is 25.4 Å². The molecule has 0 amide bonds. The minimum absolute atomic E-state index is 0.0435. The topological polar surface area (TPSA) is 60.1 Å². The summed E-state index contributed by atoms with van der Waals surface area (Å²) < 4.78 is 1.63. The number of benzene rings is 1. The van der Waals surface area contributed by atoms with Crippen molar-refractivity contribution in [3.8, 4) is 0 Å². The number of hydrogen-bond donors (Lipinski definition) is 0. The largest absolute Gasteiger partial charge is 0.294 e. The van der Waals surface area contributed by atoms with Crippen molar-refractivity contribution in [1.82, 2.24) is 19.6 Å². The normalized spacial score (nSPS) is 16.2. The minimum Gasteiger partial charge on any atom is -0.294 e. The molecule has 1 aliphatic rings. The van der Waals surface area contributed by atoms with Crippen LogP contribution in [0.1, 0.15) is 47.4 Å². The van der Waals surface area contributed by atoms with Gasteiger partial charge in [-0.1, -0.05) is 55.4 Å². The van der Waals surface area contributed by atoms with Crippen LogP contribution >= 0.6 is 11.8 Å². The summed E-state index contributed by atoms with van der Waals surface area (Å²) in [7, 11) is 0. The second-order valence-corrected chi connectivity index (χ2v) is 8.40. The molecule has 2 aromatic heterocycles. The van der Waals surface area contributed by atoms with E-state index in [1.807, 2.05) is 0 Å². The van der Waals surface area contributed by atoms with Gasteiger partial charge in [-0.15, -0.1) is 5.10 Å². The van der Waals surface area contributed by atoms with E-state index in [0.29, 0.717) is 22.9 Å². The third-order valence-electron chi connectivity index (χ3n) is 4.43. The number of aryl methyl sites for hydroxylation is 1. The van der Waals surface area contributed by atoms with Crippen LogP contribution in [0, 0.1) is 12.3 Å². The number of fused-ring (bicyclic) bond motifs is 2. The Morgan fingerprint density at radius 2 is 2.08 bits per heavy atom. The molecule has 0 bridgehead atoms. The Balaban J connectivity index is 1.61. The SMILES string of the molecule is Cc1cccc(CSc2nc3nc4c(cn3n2)C(=O)CC(C)(C)C4)c1. The highest BCUT2D eigenvalue weighted by Crippen LogP contribution is 2.34. The van der Waals surface area contributed by atoms with Crippen LogP contribution in [0.5, 0.6) is 0 Å². The molecule has 0 atom stereocenters. The van der Waals surface area contributed by atoms with Crippen LogP contribution in [0.25, 0.3) is 5.78 Å². The number of carbonyl (C=O) groups excluding carboxylic acids is 1. The van der Waals surface area contributed by atoms with Gasteiger partial charge in [-0.2, -0.15) is 4.98 Å². The van der Waals surface area contributed by atoms with E-state index in [0.717, 1.165) is 17.9 Å². The van der Waals surface area contributed by atoms with Crippen molar-refractivity contribution in [2.45, 2.75) is 44.5 Å². The maximum atomic E-state index is 12.4. The Kier molecular flexibility index (Phi) is 3.87. The Morgan fingerprint density at radius 3 is 2.88 bits per heavy atom. The van der Waals surface area contributed by atoms with E-state index < -0.39 is 0 Å². The number of aromatic nitrogens is 4. The van der Waals surface area contributed by atoms with Crippen molar-refractivity contribution in [1.29, 1.82) is 0 Å². The highest BCUT2D eigenvalue weighted by molar-refractivity contribution is 7.98. The Morgan fingerprint density at radius 1 is 1.24 bits per heavy atom. The first-order chi connectivity index (χ1) is 11.9. The Labute approximate surface area is 150 Å². The lowest BCUT2D eigenvalue weighted by atomic mass is 9.76. The van der Waals surface area contributed by atoms with Gasteiger partial charge in [-0.25, -0.2) is 9.50 Å². The van der Waals surface area contributed by atoms with Crippen molar-refractivity contribution in [3.63, 3.8) is 0 Å². The molecule has 0 N–H and O–H groups in total. The van der Waals surface area contributed by atoms with Gasteiger partial charge in [-0.3, -0.25) is 4.79 Å². The molecule has 0 unspecified atom stereocenters. The van der Waals surface area contributed by atoms with Gasteiger partial charge in [0, 0.05) is 18.4 Å². The fourth-order valence-electron chi connectivity index (χ4n) is 3.26. The molecule has 3 aromatic rings. The summed E-state index contributed by atoms with van der Waals surface area (Å²) >= 11 is 1.58. The summed E-state index contributed by atoms with van der Waals surface area (Å²) in [6.07, 6.45) is 3.14. The van der Waals surface area contributed by atoms with Crippen LogP contribution in [0.15, 0.2) is 35.6 Å². The molecule has 25 heavy (non-hydrogen) atoms. The van der Waals surface area contributed by atoms with E-state index in [2.05, 4.69) is 60.1 Å². The van der Waals surface area contributed by atoms with E-state index >= 15 is 0 Å². The van der Waals surface area contributed by atoms with E-state index in [-0.39, 0.29) is 11.2 Å². The van der Waals surface area contributed by atoms with Crippen LogP contribution in [0.2, 0.25) is 0 Å². The molecule has 0 spiro atoms. The lowest BCUT2D eigenvalue weighted by molar-refractivity contribution is 0.0909. The van der Waals surface area contributed by atoms with E-state index in [4.69, 9.17) is 0 Å². The maximum absolute atomic E-state index is 12.4. The number of carbonyl (C=O) groups is 1. The molecule has 0 radical (unpaired) electrons. The minimum atomic E-state index is -0.0435. The first-order valence-corrected chi connectivity index (χ1v) is 9.36. The molecule has 2 heterocycles. The zero-order valence-corrected chi connectivity index (χ0v) is 15.4. The standard InChI is InChI=1S/C19H20N4OS/c1-12-5-4-6-13(7-12)11-25-18-21-17-20-15-8-19(2,3)9-16(24)14(15)10-23(17)22-18/h4-7,10H,8-9,11H2,1-3H3. The number of Topliss-reactive ketones (excluding diaryl/α,β-unsaturated/α-hetero) is 1. The first kappa shape index (κ1) is 16.3. The second kappa shape index (κ2) is 5.95. The molecule has 1 aliphatic carbocycles. The Bertz CT molecular complexity index is 977. The lowest BCUT2D eigenvalue weighted by Gasteiger charge is -2.28. The van der Waals surface area contributed by atoms with E-state index in [9.17, 15) is 4.79 Å². The summed E-state index contributed by atoms with van der Waals surface area (Å²) in [5.74, 6) is 1.52. The summed E-state index contributed by atoms with van der Waals surface area (Å²) in [5.41, 5.74) is 3.98. The summed E-state index contributed by atoms with van der Waals surface area (Å²) in [5, 5.41) is 5.17. The number of nitrogens with zero attached hydrogens (tertiary/aromatic N) is 4. The molecule has 5 nitrogen and oxygen atoms in total. The van der Waals surface area contributed by atoms with Gasteiger partial charge in [0.05, 0.1) is 11.3 Å². The molecule has 0 saturated carbocycles. The number of hydrogen-bond acceptors (Lipinski definition) is 5. The maximum Gasteiger partial charge on any atom is 0.253 e. The van der Waals surface area contributed by atoms with Crippen LogP contribution in [0.4, 0.5) is 0 Å². The zero-order valence-electron chi connectivity index (χ0n) is 14.6. The fraction of sp³-hybridized carbons (Fsp3) is 0.368. The quantitative estimate of drug-likeness (QED) is 0.670. The molecular formula is C19H20N4OS.